The predicted octanol–water partition coefficient (Wildman–Crippen LogP) is 3.39. The molecule has 0 aromatic heterocycles. The number of benzene rings is 1. The smallest absolute Gasteiger partial charge is 0.124 e. The fourth-order valence-electron chi connectivity index (χ4n) is 1.80. The van der Waals surface area contributed by atoms with Gasteiger partial charge in [0.15, 0.2) is 0 Å². The molecule has 2 nitrogen and oxygen atoms in total. The highest BCUT2D eigenvalue weighted by Gasteiger charge is 2.09. The van der Waals surface area contributed by atoms with Gasteiger partial charge in [-0.3, -0.25) is 0 Å². The SMILES string of the molecule is CC(C)C(N)CCN(C)Cc1cc(F)cc(Br)c1. The lowest BCUT2D eigenvalue weighted by molar-refractivity contribution is 0.296. The minimum atomic E-state index is -0.202. The normalized spacial score (nSPS) is 13.3. The number of nitrogens with zero attached hydrogens (tertiary/aromatic N) is 1. The molecule has 0 bridgehead atoms. The van der Waals surface area contributed by atoms with Crippen LogP contribution in [-0.4, -0.2) is 24.5 Å². The van der Waals surface area contributed by atoms with E-state index in [-0.39, 0.29) is 11.9 Å². The Morgan fingerprint density at radius 1 is 1.33 bits per heavy atom. The molecule has 4 heteroatoms. The van der Waals surface area contributed by atoms with Crippen molar-refractivity contribution in [3.05, 3.63) is 34.1 Å². The van der Waals surface area contributed by atoms with Crippen LogP contribution in [-0.2, 0) is 6.54 Å². The van der Waals surface area contributed by atoms with Crippen LogP contribution in [0.15, 0.2) is 22.7 Å². The van der Waals surface area contributed by atoms with E-state index in [2.05, 4.69) is 34.7 Å². The van der Waals surface area contributed by atoms with E-state index in [9.17, 15) is 4.39 Å². The maximum atomic E-state index is 13.2. The van der Waals surface area contributed by atoms with Crippen LogP contribution in [0.2, 0.25) is 0 Å². The van der Waals surface area contributed by atoms with Crippen LogP contribution in [0.25, 0.3) is 0 Å². The Kier molecular flexibility index (Phi) is 6.26. The summed E-state index contributed by atoms with van der Waals surface area (Å²) in [5.74, 6) is 0.299. The Morgan fingerprint density at radius 3 is 2.56 bits per heavy atom. The Hall–Kier alpha value is -0.450. The molecule has 0 heterocycles. The van der Waals surface area contributed by atoms with Gasteiger partial charge in [0.2, 0.25) is 0 Å². The number of hydrogen-bond acceptors (Lipinski definition) is 2. The van der Waals surface area contributed by atoms with Crippen molar-refractivity contribution in [2.75, 3.05) is 13.6 Å². The Morgan fingerprint density at radius 2 is 2.00 bits per heavy atom. The van der Waals surface area contributed by atoms with E-state index in [1.807, 2.05) is 13.1 Å². The third kappa shape index (κ3) is 5.46. The molecule has 0 aliphatic carbocycles. The van der Waals surface area contributed by atoms with Crippen LogP contribution in [0, 0.1) is 11.7 Å². The highest BCUT2D eigenvalue weighted by atomic mass is 79.9. The van der Waals surface area contributed by atoms with Gasteiger partial charge in [0.05, 0.1) is 0 Å². The number of hydrogen-bond donors (Lipinski definition) is 1. The van der Waals surface area contributed by atoms with Crippen molar-refractivity contribution in [1.29, 1.82) is 0 Å². The third-order valence-corrected chi connectivity index (χ3v) is 3.53. The molecule has 0 amide bonds. The van der Waals surface area contributed by atoms with Crippen LogP contribution < -0.4 is 5.73 Å². The Balaban J connectivity index is 2.46. The number of halogens is 2. The first-order valence-corrected chi connectivity index (χ1v) is 7.07. The van der Waals surface area contributed by atoms with Crippen molar-refractivity contribution in [3.63, 3.8) is 0 Å². The molecule has 0 fully saturated rings. The van der Waals surface area contributed by atoms with Crippen molar-refractivity contribution < 1.29 is 4.39 Å². The summed E-state index contributed by atoms with van der Waals surface area (Å²) in [6, 6.07) is 5.22. The van der Waals surface area contributed by atoms with Crippen molar-refractivity contribution in [2.24, 2.45) is 11.7 Å². The molecule has 0 aliphatic heterocycles. The van der Waals surface area contributed by atoms with E-state index >= 15 is 0 Å². The topological polar surface area (TPSA) is 29.3 Å². The molecule has 1 atom stereocenters. The summed E-state index contributed by atoms with van der Waals surface area (Å²) >= 11 is 3.31. The molecular formula is C14H22BrFN2. The number of nitrogens with two attached hydrogens (primary N) is 1. The Bertz CT molecular complexity index is 362. The molecule has 1 aromatic carbocycles. The summed E-state index contributed by atoms with van der Waals surface area (Å²) in [7, 11) is 2.03. The average molecular weight is 317 g/mol. The van der Waals surface area contributed by atoms with Crippen LogP contribution >= 0.6 is 15.9 Å². The summed E-state index contributed by atoms with van der Waals surface area (Å²) in [5, 5.41) is 0. The van der Waals surface area contributed by atoms with Gasteiger partial charge in [0, 0.05) is 17.1 Å². The van der Waals surface area contributed by atoms with E-state index in [0.29, 0.717) is 5.92 Å². The van der Waals surface area contributed by atoms with Crippen molar-refractivity contribution >= 4 is 15.9 Å². The molecule has 1 unspecified atom stereocenters. The molecule has 1 aromatic rings. The minimum Gasteiger partial charge on any atom is -0.327 e. The fourth-order valence-corrected chi connectivity index (χ4v) is 2.31. The maximum Gasteiger partial charge on any atom is 0.124 e. The molecule has 0 saturated heterocycles. The van der Waals surface area contributed by atoms with Crippen LogP contribution in [0.3, 0.4) is 0 Å². The molecule has 102 valence electrons. The van der Waals surface area contributed by atoms with Gasteiger partial charge in [-0.2, -0.15) is 0 Å². The second kappa shape index (κ2) is 7.22. The van der Waals surface area contributed by atoms with E-state index < -0.39 is 0 Å². The molecule has 0 radical (unpaired) electrons. The first-order valence-electron chi connectivity index (χ1n) is 6.27. The van der Waals surface area contributed by atoms with E-state index in [4.69, 9.17) is 5.73 Å². The van der Waals surface area contributed by atoms with E-state index in [1.54, 1.807) is 6.07 Å². The predicted molar refractivity (Wildman–Crippen MR) is 77.9 cm³/mol. The monoisotopic (exact) mass is 316 g/mol. The molecule has 0 aliphatic rings. The van der Waals surface area contributed by atoms with Gasteiger partial charge in [-0.05, 0) is 49.7 Å². The van der Waals surface area contributed by atoms with Crippen LogP contribution in [0.5, 0.6) is 0 Å². The molecule has 1 rings (SSSR count). The van der Waals surface area contributed by atoms with Gasteiger partial charge in [0.1, 0.15) is 5.82 Å². The zero-order chi connectivity index (χ0) is 13.7. The standard InChI is InChI=1S/C14H22BrFN2/c1-10(2)14(17)4-5-18(3)9-11-6-12(15)8-13(16)7-11/h6-8,10,14H,4-5,9,17H2,1-3H3. The summed E-state index contributed by atoms with van der Waals surface area (Å²) in [6.07, 6.45) is 0.963. The van der Waals surface area contributed by atoms with Gasteiger partial charge >= 0.3 is 0 Å². The third-order valence-electron chi connectivity index (χ3n) is 3.08. The lowest BCUT2D eigenvalue weighted by Crippen LogP contribution is -2.31. The maximum absolute atomic E-state index is 13.2. The largest absolute Gasteiger partial charge is 0.327 e. The summed E-state index contributed by atoms with van der Waals surface area (Å²) in [5.41, 5.74) is 6.99. The van der Waals surface area contributed by atoms with Crippen LogP contribution in [0.1, 0.15) is 25.8 Å². The molecule has 0 saturated carbocycles. The van der Waals surface area contributed by atoms with Gasteiger partial charge in [-0.1, -0.05) is 29.8 Å². The highest BCUT2D eigenvalue weighted by molar-refractivity contribution is 9.10. The summed E-state index contributed by atoms with van der Waals surface area (Å²) in [6.45, 7) is 5.93. The molecule has 2 N–H and O–H groups in total. The fraction of sp³-hybridized carbons (Fsp3) is 0.571. The average Bonchev–Trinajstić information content (AvgIpc) is 2.24. The second-order valence-corrected chi connectivity index (χ2v) is 6.13. The zero-order valence-electron chi connectivity index (χ0n) is 11.3. The first kappa shape index (κ1) is 15.6. The first-order chi connectivity index (χ1) is 8.38. The van der Waals surface area contributed by atoms with Crippen LogP contribution in [0.4, 0.5) is 4.39 Å². The highest BCUT2D eigenvalue weighted by Crippen LogP contribution is 2.16. The van der Waals surface area contributed by atoms with Gasteiger partial charge in [-0.25, -0.2) is 4.39 Å². The van der Waals surface area contributed by atoms with Gasteiger partial charge in [0.25, 0.3) is 0 Å². The quantitative estimate of drug-likeness (QED) is 0.871. The van der Waals surface area contributed by atoms with E-state index in [1.165, 1.54) is 6.07 Å². The van der Waals surface area contributed by atoms with Crippen molar-refractivity contribution in [3.8, 4) is 0 Å². The zero-order valence-corrected chi connectivity index (χ0v) is 12.9. The minimum absolute atomic E-state index is 0.202. The van der Waals surface area contributed by atoms with Gasteiger partial charge in [-0.15, -0.1) is 0 Å². The second-order valence-electron chi connectivity index (χ2n) is 5.21. The molecular weight excluding hydrogens is 295 g/mol. The summed E-state index contributed by atoms with van der Waals surface area (Å²) in [4.78, 5) is 2.17. The lowest BCUT2D eigenvalue weighted by Gasteiger charge is -2.21. The molecule has 0 spiro atoms. The Labute approximate surface area is 117 Å². The summed E-state index contributed by atoms with van der Waals surface area (Å²) < 4.78 is 14.0. The molecule has 18 heavy (non-hydrogen) atoms. The van der Waals surface area contributed by atoms with Gasteiger partial charge < -0.3 is 10.6 Å². The number of rotatable bonds is 6. The van der Waals surface area contributed by atoms with Crippen molar-refractivity contribution in [1.82, 2.24) is 4.90 Å². The lowest BCUT2D eigenvalue weighted by atomic mass is 10.0. The van der Waals surface area contributed by atoms with Crippen molar-refractivity contribution in [2.45, 2.75) is 32.9 Å². The van der Waals surface area contributed by atoms with E-state index in [0.717, 1.165) is 29.5 Å².